The van der Waals surface area contributed by atoms with Gasteiger partial charge in [0.1, 0.15) is 29.9 Å². The number of rotatable bonds is 13. The molecule has 0 spiro atoms. The van der Waals surface area contributed by atoms with Gasteiger partial charge in [0.2, 0.25) is 17.7 Å². The van der Waals surface area contributed by atoms with E-state index in [9.17, 15) is 34.5 Å². The van der Waals surface area contributed by atoms with Crippen molar-refractivity contribution in [2.45, 2.75) is 50.9 Å². The summed E-state index contributed by atoms with van der Waals surface area (Å²) in [6.45, 7) is 1.99. The number of aromatic hydroxyl groups is 1. The van der Waals surface area contributed by atoms with Crippen molar-refractivity contribution in [3.8, 4) is 5.75 Å². The molecular weight excluding hydrogens is 436 g/mol. The topological polar surface area (TPSA) is 211 Å². The number of aliphatic carboxylic acids is 1. The Bertz CT molecular complexity index is 817. The van der Waals surface area contributed by atoms with Gasteiger partial charge in [0, 0.05) is 6.42 Å². The largest absolute Gasteiger partial charge is 0.508 e. The molecular formula is C21H32N4O8. The highest BCUT2D eigenvalue weighted by Gasteiger charge is 2.32. The standard InChI is InChI=1S/C21H32N4O8/c1-3-11(2)17(25-19(30)16(10-27)24-18(29)14(22)9-26)20(31)23-15(21(32)33)8-12-4-6-13(28)7-5-12/h4-7,11,14-17,26-28H,3,8-10,22H2,1-2H3,(H,23,31)(H,24,29)(H,25,30)(H,32,33). The molecule has 0 saturated carbocycles. The van der Waals surface area contributed by atoms with Crippen molar-refractivity contribution in [2.75, 3.05) is 13.2 Å². The number of benzene rings is 1. The van der Waals surface area contributed by atoms with Crippen LogP contribution >= 0.6 is 0 Å². The summed E-state index contributed by atoms with van der Waals surface area (Å²) in [7, 11) is 0. The summed E-state index contributed by atoms with van der Waals surface area (Å²) in [6, 6.07) is 0.657. The highest BCUT2D eigenvalue weighted by atomic mass is 16.4. The lowest BCUT2D eigenvalue weighted by molar-refractivity contribution is -0.142. The highest BCUT2D eigenvalue weighted by molar-refractivity contribution is 5.94. The van der Waals surface area contributed by atoms with Crippen molar-refractivity contribution < 1.29 is 39.6 Å². The minimum absolute atomic E-state index is 0.0136. The van der Waals surface area contributed by atoms with E-state index in [-0.39, 0.29) is 12.2 Å². The molecule has 1 aromatic rings. The van der Waals surface area contributed by atoms with Crippen molar-refractivity contribution in [1.82, 2.24) is 16.0 Å². The predicted octanol–water partition coefficient (Wildman–Crippen LogP) is -2.17. The van der Waals surface area contributed by atoms with Crippen LogP contribution in [0.4, 0.5) is 0 Å². The number of carboxylic acids is 1. The van der Waals surface area contributed by atoms with Crippen LogP contribution in [0.2, 0.25) is 0 Å². The molecule has 0 saturated heterocycles. The van der Waals surface area contributed by atoms with Gasteiger partial charge in [-0.2, -0.15) is 0 Å². The number of amides is 3. The fourth-order valence-electron chi connectivity index (χ4n) is 2.84. The normalized spacial score (nSPS) is 15.4. The fraction of sp³-hybridized carbons (Fsp3) is 0.524. The number of aliphatic hydroxyl groups excluding tert-OH is 2. The quantitative estimate of drug-likeness (QED) is 0.158. The number of aliphatic hydroxyl groups is 2. The summed E-state index contributed by atoms with van der Waals surface area (Å²) in [4.78, 5) is 49.0. The van der Waals surface area contributed by atoms with Gasteiger partial charge in [0.25, 0.3) is 0 Å². The lowest BCUT2D eigenvalue weighted by atomic mass is 9.97. The Morgan fingerprint density at radius 2 is 1.48 bits per heavy atom. The van der Waals surface area contributed by atoms with Gasteiger partial charge in [-0.15, -0.1) is 0 Å². The summed E-state index contributed by atoms with van der Waals surface area (Å²) in [5, 5.41) is 44.3. The lowest BCUT2D eigenvalue weighted by Crippen LogP contribution is -2.59. The highest BCUT2D eigenvalue weighted by Crippen LogP contribution is 2.13. The monoisotopic (exact) mass is 468 g/mol. The van der Waals surface area contributed by atoms with Gasteiger partial charge in [-0.25, -0.2) is 4.79 Å². The second-order valence-electron chi connectivity index (χ2n) is 7.67. The first-order valence-electron chi connectivity index (χ1n) is 10.4. The molecule has 9 N–H and O–H groups in total. The Morgan fingerprint density at radius 1 is 0.909 bits per heavy atom. The third kappa shape index (κ3) is 8.67. The molecule has 0 bridgehead atoms. The second kappa shape index (κ2) is 13.4. The molecule has 0 fully saturated rings. The number of hydrogen-bond acceptors (Lipinski definition) is 8. The van der Waals surface area contributed by atoms with E-state index in [0.717, 1.165) is 0 Å². The fourth-order valence-corrected chi connectivity index (χ4v) is 2.84. The zero-order valence-electron chi connectivity index (χ0n) is 18.5. The van der Waals surface area contributed by atoms with E-state index < -0.39 is 67.0 Å². The zero-order chi connectivity index (χ0) is 25.1. The van der Waals surface area contributed by atoms with E-state index in [0.29, 0.717) is 12.0 Å². The van der Waals surface area contributed by atoms with E-state index in [1.165, 1.54) is 24.3 Å². The summed E-state index contributed by atoms with van der Waals surface area (Å²) < 4.78 is 0. The number of nitrogens with two attached hydrogens (primary N) is 1. The second-order valence-corrected chi connectivity index (χ2v) is 7.67. The zero-order valence-corrected chi connectivity index (χ0v) is 18.5. The molecule has 0 aliphatic rings. The van der Waals surface area contributed by atoms with Gasteiger partial charge >= 0.3 is 5.97 Å². The van der Waals surface area contributed by atoms with Crippen LogP contribution in [-0.4, -0.2) is 81.5 Å². The Labute approximate surface area is 191 Å². The van der Waals surface area contributed by atoms with Crippen LogP contribution in [0.1, 0.15) is 25.8 Å². The molecule has 1 aromatic carbocycles. The van der Waals surface area contributed by atoms with Crippen molar-refractivity contribution in [3.05, 3.63) is 29.8 Å². The van der Waals surface area contributed by atoms with Gasteiger partial charge < -0.3 is 42.1 Å². The Kier molecular flexibility index (Phi) is 11.3. The van der Waals surface area contributed by atoms with Gasteiger partial charge in [-0.1, -0.05) is 32.4 Å². The third-order valence-electron chi connectivity index (χ3n) is 5.13. The molecule has 0 heterocycles. The van der Waals surface area contributed by atoms with E-state index in [1.807, 2.05) is 0 Å². The van der Waals surface area contributed by atoms with E-state index in [4.69, 9.17) is 10.8 Å². The third-order valence-corrected chi connectivity index (χ3v) is 5.13. The number of phenolic OH excluding ortho intramolecular Hbond substituents is 1. The van der Waals surface area contributed by atoms with Crippen LogP contribution in [0, 0.1) is 5.92 Å². The number of carboxylic acid groups (broad SMARTS) is 1. The first-order chi connectivity index (χ1) is 15.5. The van der Waals surface area contributed by atoms with Crippen LogP contribution in [0.5, 0.6) is 5.75 Å². The number of hydrogen-bond donors (Lipinski definition) is 8. The maximum atomic E-state index is 12.9. The lowest BCUT2D eigenvalue weighted by Gasteiger charge is -2.27. The van der Waals surface area contributed by atoms with Gasteiger partial charge in [0.05, 0.1) is 13.2 Å². The number of carbonyl (C=O) groups excluding carboxylic acids is 3. The first-order valence-corrected chi connectivity index (χ1v) is 10.4. The summed E-state index contributed by atoms with van der Waals surface area (Å²) in [5.74, 6) is -4.17. The predicted molar refractivity (Wildman–Crippen MR) is 117 cm³/mol. The molecule has 184 valence electrons. The maximum Gasteiger partial charge on any atom is 0.326 e. The average Bonchev–Trinajstić information content (AvgIpc) is 2.80. The summed E-state index contributed by atoms with van der Waals surface area (Å²) in [6.07, 6.45) is 0.399. The van der Waals surface area contributed by atoms with E-state index in [2.05, 4.69) is 16.0 Å². The number of phenols is 1. The molecule has 1 rings (SSSR count). The molecule has 5 unspecified atom stereocenters. The Morgan fingerprint density at radius 3 is 1.97 bits per heavy atom. The van der Waals surface area contributed by atoms with Crippen molar-refractivity contribution in [2.24, 2.45) is 11.7 Å². The van der Waals surface area contributed by atoms with Gasteiger partial charge in [-0.3, -0.25) is 14.4 Å². The van der Waals surface area contributed by atoms with E-state index in [1.54, 1.807) is 13.8 Å². The SMILES string of the molecule is CCC(C)C(NC(=O)C(CO)NC(=O)C(N)CO)C(=O)NC(Cc1ccc(O)cc1)C(=O)O. The van der Waals surface area contributed by atoms with E-state index >= 15 is 0 Å². The molecule has 33 heavy (non-hydrogen) atoms. The number of nitrogens with one attached hydrogen (secondary N) is 3. The van der Waals surface area contributed by atoms with Crippen LogP contribution in [-0.2, 0) is 25.6 Å². The molecule has 0 aliphatic heterocycles. The molecule has 5 atom stereocenters. The average molecular weight is 469 g/mol. The first kappa shape index (κ1) is 27.8. The molecule has 12 nitrogen and oxygen atoms in total. The Hall–Kier alpha value is -3.22. The van der Waals surface area contributed by atoms with Crippen molar-refractivity contribution >= 4 is 23.7 Å². The maximum absolute atomic E-state index is 12.9. The Balaban J connectivity index is 2.95. The molecule has 0 aliphatic carbocycles. The number of carbonyl (C=O) groups is 4. The molecule has 3 amide bonds. The van der Waals surface area contributed by atoms with Crippen LogP contribution in [0.25, 0.3) is 0 Å². The van der Waals surface area contributed by atoms with Crippen LogP contribution < -0.4 is 21.7 Å². The summed E-state index contributed by atoms with van der Waals surface area (Å²) >= 11 is 0. The molecule has 0 radical (unpaired) electrons. The van der Waals surface area contributed by atoms with Crippen LogP contribution in [0.3, 0.4) is 0 Å². The van der Waals surface area contributed by atoms with Crippen LogP contribution in [0.15, 0.2) is 24.3 Å². The molecule has 12 heteroatoms. The van der Waals surface area contributed by atoms with Gasteiger partial charge in [-0.05, 0) is 23.6 Å². The van der Waals surface area contributed by atoms with Crippen molar-refractivity contribution in [3.63, 3.8) is 0 Å². The minimum Gasteiger partial charge on any atom is -0.508 e. The minimum atomic E-state index is -1.43. The smallest absolute Gasteiger partial charge is 0.326 e. The molecule has 0 aromatic heterocycles. The van der Waals surface area contributed by atoms with Gasteiger partial charge in [0.15, 0.2) is 0 Å². The summed E-state index contributed by atoms with van der Waals surface area (Å²) in [5.41, 5.74) is 5.95. The van der Waals surface area contributed by atoms with Crippen molar-refractivity contribution in [1.29, 1.82) is 0 Å².